The van der Waals surface area contributed by atoms with Crippen molar-refractivity contribution < 1.29 is 9.90 Å². The molecule has 102 valence electrons. The van der Waals surface area contributed by atoms with Crippen LogP contribution in [0.25, 0.3) is 0 Å². The van der Waals surface area contributed by atoms with Crippen LogP contribution >= 0.6 is 11.3 Å². The summed E-state index contributed by atoms with van der Waals surface area (Å²) in [4.78, 5) is 17.5. The summed E-state index contributed by atoms with van der Waals surface area (Å²) in [5, 5.41) is 15.0. The number of aliphatic hydroxyl groups is 1. The Kier molecular flexibility index (Phi) is 6.24. The van der Waals surface area contributed by atoms with Gasteiger partial charge in [-0.25, -0.2) is 4.98 Å². The van der Waals surface area contributed by atoms with Crippen LogP contribution in [-0.2, 0) is 11.3 Å². The topological polar surface area (TPSA) is 65.5 Å². The van der Waals surface area contributed by atoms with Crippen LogP contribution in [0.3, 0.4) is 0 Å². The van der Waals surface area contributed by atoms with E-state index in [0.717, 1.165) is 17.2 Å². The molecule has 5 nitrogen and oxygen atoms in total. The maximum Gasteiger partial charge on any atom is 0.225 e. The maximum absolute atomic E-state index is 11.4. The van der Waals surface area contributed by atoms with Crippen molar-refractivity contribution in [2.45, 2.75) is 39.8 Å². The normalized spacial score (nSPS) is 12.4. The molecule has 1 heterocycles. The number of amides is 1. The standard InChI is InChI=1S/C12H21N3O2S/c1-4-10(7-16)13-6-11-8-18-12(14-11)15(5-2)9(3)17/h8,10,13,16H,4-7H2,1-3H3/t10-/m1/s1. The molecule has 0 aliphatic rings. The van der Waals surface area contributed by atoms with Crippen molar-refractivity contribution in [2.24, 2.45) is 0 Å². The Balaban J connectivity index is 2.60. The van der Waals surface area contributed by atoms with E-state index >= 15 is 0 Å². The Bertz CT molecular complexity index is 377. The fraction of sp³-hybridized carbons (Fsp3) is 0.667. The third-order valence-corrected chi connectivity index (χ3v) is 3.66. The van der Waals surface area contributed by atoms with Gasteiger partial charge in [-0.3, -0.25) is 9.69 Å². The first kappa shape index (κ1) is 15.1. The molecule has 0 saturated heterocycles. The van der Waals surface area contributed by atoms with E-state index in [2.05, 4.69) is 10.3 Å². The highest BCUT2D eigenvalue weighted by Crippen LogP contribution is 2.20. The summed E-state index contributed by atoms with van der Waals surface area (Å²) >= 11 is 1.47. The number of aromatic nitrogens is 1. The van der Waals surface area contributed by atoms with Crippen LogP contribution in [0, 0.1) is 0 Å². The number of carbonyl (C=O) groups excluding carboxylic acids is 1. The first-order chi connectivity index (χ1) is 8.62. The summed E-state index contributed by atoms with van der Waals surface area (Å²) in [5.74, 6) is 0.00755. The molecule has 6 heteroatoms. The highest BCUT2D eigenvalue weighted by molar-refractivity contribution is 7.14. The number of nitrogens with zero attached hydrogens (tertiary/aromatic N) is 2. The van der Waals surface area contributed by atoms with Crippen LogP contribution in [0.4, 0.5) is 5.13 Å². The molecular formula is C12H21N3O2S. The molecule has 0 fully saturated rings. The van der Waals surface area contributed by atoms with Crippen molar-refractivity contribution in [3.05, 3.63) is 11.1 Å². The molecule has 0 saturated carbocycles. The van der Waals surface area contributed by atoms with E-state index in [4.69, 9.17) is 5.11 Å². The van der Waals surface area contributed by atoms with Crippen LogP contribution in [-0.4, -0.2) is 35.2 Å². The summed E-state index contributed by atoms with van der Waals surface area (Å²) in [6.07, 6.45) is 0.877. The van der Waals surface area contributed by atoms with Gasteiger partial charge in [-0.1, -0.05) is 6.92 Å². The van der Waals surface area contributed by atoms with Gasteiger partial charge in [0.15, 0.2) is 5.13 Å². The van der Waals surface area contributed by atoms with Crippen molar-refractivity contribution in [3.8, 4) is 0 Å². The Labute approximate surface area is 112 Å². The van der Waals surface area contributed by atoms with E-state index in [9.17, 15) is 4.79 Å². The molecule has 0 aromatic carbocycles. The summed E-state index contributed by atoms with van der Waals surface area (Å²) in [7, 11) is 0. The molecule has 0 spiro atoms. The largest absolute Gasteiger partial charge is 0.395 e. The van der Waals surface area contributed by atoms with Crippen molar-refractivity contribution >= 4 is 22.4 Å². The predicted molar refractivity (Wildman–Crippen MR) is 73.8 cm³/mol. The predicted octanol–water partition coefficient (Wildman–Crippen LogP) is 1.38. The van der Waals surface area contributed by atoms with Gasteiger partial charge in [-0.05, 0) is 13.3 Å². The van der Waals surface area contributed by atoms with Crippen LogP contribution in [0.15, 0.2) is 5.38 Å². The molecule has 0 radical (unpaired) electrons. The number of anilines is 1. The van der Waals surface area contributed by atoms with Crippen LogP contribution in [0.2, 0.25) is 0 Å². The third-order valence-electron chi connectivity index (χ3n) is 2.75. The minimum atomic E-state index is 0.00755. The quantitative estimate of drug-likeness (QED) is 0.786. The van der Waals surface area contributed by atoms with Gasteiger partial charge < -0.3 is 10.4 Å². The molecule has 1 aromatic heterocycles. The molecule has 1 aromatic rings. The summed E-state index contributed by atoms with van der Waals surface area (Å²) in [5.41, 5.74) is 0.904. The number of rotatable bonds is 7. The number of thiazole rings is 1. The molecule has 1 amide bonds. The van der Waals surface area contributed by atoms with E-state index in [0.29, 0.717) is 13.1 Å². The van der Waals surface area contributed by atoms with Gasteiger partial charge in [-0.2, -0.15) is 0 Å². The van der Waals surface area contributed by atoms with Gasteiger partial charge in [0.25, 0.3) is 0 Å². The van der Waals surface area contributed by atoms with Gasteiger partial charge in [0.2, 0.25) is 5.91 Å². The van der Waals surface area contributed by atoms with Crippen LogP contribution in [0.1, 0.15) is 32.9 Å². The number of hydrogen-bond donors (Lipinski definition) is 2. The SMILES string of the molecule is CC[C@H](CO)NCc1csc(N(CC)C(C)=O)n1. The zero-order valence-corrected chi connectivity index (χ0v) is 12.0. The zero-order chi connectivity index (χ0) is 13.5. The lowest BCUT2D eigenvalue weighted by atomic mass is 10.2. The average Bonchev–Trinajstić information content (AvgIpc) is 2.79. The monoisotopic (exact) mass is 271 g/mol. The van der Waals surface area contributed by atoms with E-state index in [1.165, 1.54) is 11.3 Å². The minimum absolute atomic E-state index is 0.00755. The van der Waals surface area contributed by atoms with Gasteiger partial charge in [0.05, 0.1) is 12.3 Å². The fourth-order valence-corrected chi connectivity index (χ4v) is 2.51. The highest BCUT2D eigenvalue weighted by Gasteiger charge is 2.13. The molecule has 18 heavy (non-hydrogen) atoms. The molecule has 0 aliphatic heterocycles. The molecule has 2 N–H and O–H groups in total. The number of hydrogen-bond acceptors (Lipinski definition) is 5. The Morgan fingerprint density at radius 2 is 2.33 bits per heavy atom. The van der Waals surface area contributed by atoms with Crippen LogP contribution < -0.4 is 10.2 Å². The molecule has 0 aliphatic carbocycles. The van der Waals surface area contributed by atoms with Gasteiger partial charge in [-0.15, -0.1) is 11.3 Å². The highest BCUT2D eigenvalue weighted by atomic mass is 32.1. The van der Waals surface area contributed by atoms with Crippen molar-refractivity contribution in [3.63, 3.8) is 0 Å². The Hall–Kier alpha value is -0.980. The third kappa shape index (κ3) is 4.04. The Morgan fingerprint density at radius 3 is 2.83 bits per heavy atom. The van der Waals surface area contributed by atoms with E-state index in [1.54, 1.807) is 11.8 Å². The summed E-state index contributed by atoms with van der Waals surface area (Å²) in [6, 6.07) is 0.102. The smallest absolute Gasteiger partial charge is 0.225 e. The zero-order valence-electron chi connectivity index (χ0n) is 11.1. The van der Waals surface area contributed by atoms with Crippen molar-refractivity contribution in [2.75, 3.05) is 18.1 Å². The van der Waals surface area contributed by atoms with Gasteiger partial charge in [0.1, 0.15) is 0 Å². The van der Waals surface area contributed by atoms with Crippen molar-refractivity contribution in [1.29, 1.82) is 0 Å². The number of aliphatic hydroxyl groups excluding tert-OH is 1. The number of carbonyl (C=O) groups is 1. The second-order valence-corrected chi connectivity index (χ2v) is 4.89. The van der Waals surface area contributed by atoms with Crippen molar-refractivity contribution in [1.82, 2.24) is 10.3 Å². The number of nitrogens with one attached hydrogen (secondary N) is 1. The lowest BCUT2D eigenvalue weighted by Crippen LogP contribution is -2.31. The van der Waals surface area contributed by atoms with Gasteiger partial charge >= 0.3 is 0 Å². The second kappa shape index (κ2) is 7.45. The van der Waals surface area contributed by atoms with E-state index in [-0.39, 0.29) is 18.6 Å². The minimum Gasteiger partial charge on any atom is -0.395 e. The maximum atomic E-state index is 11.4. The molecule has 0 bridgehead atoms. The van der Waals surface area contributed by atoms with E-state index in [1.807, 2.05) is 19.2 Å². The average molecular weight is 271 g/mol. The molecule has 0 unspecified atom stereocenters. The lowest BCUT2D eigenvalue weighted by Gasteiger charge is -2.15. The van der Waals surface area contributed by atoms with Crippen LogP contribution in [0.5, 0.6) is 0 Å². The van der Waals surface area contributed by atoms with Gasteiger partial charge in [0, 0.05) is 31.4 Å². The molecular weight excluding hydrogens is 250 g/mol. The van der Waals surface area contributed by atoms with E-state index < -0.39 is 0 Å². The first-order valence-electron chi connectivity index (χ1n) is 6.19. The molecule has 1 rings (SSSR count). The Morgan fingerprint density at radius 1 is 1.61 bits per heavy atom. The molecule has 1 atom stereocenters. The lowest BCUT2D eigenvalue weighted by molar-refractivity contribution is -0.116. The second-order valence-electron chi connectivity index (χ2n) is 4.05. The first-order valence-corrected chi connectivity index (χ1v) is 7.07. The summed E-state index contributed by atoms with van der Waals surface area (Å²) < 4.78 is 0. The fourth-order valence-electron chi connectivity index (χ4n) is 1.58. The summed E-state index contributed by atoms with van der Waals surface area (Å²) in [6.45, 7) is 6.87.